The van der Waals surface area contributed by atoms with Crippen LogP contribution in [0.1, 0.15) is 25.3 Å². The van der Waals surface area contributed by atoms with E-state index in [0.717, 1.165) is 51.1 Å². The van der Waals surface area contributed by atoms with Gasteiger partial charge >= 0.3 is 0 Å². The van der Waals surface area contributed by atoms with Crippen molar-refractivity contribution in [2.75, 3.05) is 26.2 Å². The van der Waals surface area contributed by atoms with Crippen LogP contribution in [0.3, 0.4) is 0 Å². The Morgan fingerprint density at radius 1 is 1.20 bits per heavy atom. The van der Waals surface area contributed by atoms with Crippen molar-refractivity contribution < 1.29 is 4.79 Å². The molecule has 1 aliphatic rings. The zero-order valence-electron chi connectivity index (χ0n) is 14.9. The van der Waals surface area contributed by atoms with E-state index < -0.39 is 0 Å². The number of rotatable bonds is 6. The number of carbonyl (C=O) groups excluding carboxylic acids is 1. The summed E-state index contributed by atoms with van der Waals surface area (Å²) >= 11 is 0. The van der Waals surface area contributed by atoms with Crippen LogP contribution in [-0.4, -0.2) is 62.7 Å². The van der Waals surface area contributed by atoms with Gasteiger partial charge in [0.15, 0.2) is 0 Å². The SMILES string of the molecule is CC(Cn1cccn1)N1CCCN(C(=O)CCc2cccnc2)CC1. The maximum Gasteiger partial charge on any atom is 0.222 e. The molecule has 25 heavy (non-hydrogen) atoms. The van der Waals surface area contributed by atoms with Gasteiger partial charge in [-0.3, -0.25) is 19.4 Å². The lowest BCUT2D eigenvalue weighted by atomic mass is 10.1. The molecule has 0 radical (unpaired) electrons. The lowest BCUT2D eigenvalue weighted by Gasteiger charge is -2.27. The van der Waals surface area contributed by atoms with Crippen molar-refractivity contribution in [1.82, 2.24) is 24.6 Å². The quantitative estimate of drug-likeness (QED) is 0.804. The molecule has 0 spiro atoms. The Labute approximate surface area is 149 Å². The first-order valence-electron chi connectivity index (χ1n) is 9.10. The Morgan fingerprint density at radius 3 is 2.88 bits per heavy atom. The highest BCUT2D eigenvalue weighted by molar-refractivity contribution is 5.76. The monoisotopic (exact) mass is 341 g/mol. The number of pyridine rings is 1. The van der Waals surface area contributed by atoms with Gasteiger partial charge < -0.3 is 4.90 Å². The van der Waals surface area contributed by atoms with Crippen LogP contribution in [0.4, 0.5) is 0 Å². The zero-order valence-corrected chi connectivity index (χ0v) is 14.9. The molecular weight excluding hydrogens is 314 g/mol. The number of carbonyl (C=O) groups is 1. The van der Waals surface area contributed by atoms with Gasteiger partial charge in [-0.1, -0.05) is 6.07 Å². The van der Waals surface area contributed by atoms with Crippen LogP contribution in [-0.2, 0) is 17.8 Å². The van der Waals surface area contributed by atoms with Crippen LogP contribution >= 0.6 is 0 Å². The molecule has 1 saturated heterocycles. The van der Waals surface area contributed by atoms with Crippen molar-refractivity contribution >= 4 is 5.91 Å². The summed E-state index contributed by atoms with van der Waals surface area (Å²) in [4.78, 5) is 21.1. The fourth-order valence-corrected chi connectivity index (χ4v) is 3.38. The van der Waals surface area contributed by atoms with Crippen LogP contribution in [0.2, 0.25) is 0 Å². The molecule has 1 amide bonds. The number of hydrogen-bond acceptors (Lipinski definition) is 4. The molecule has 134 valence electrons. The first kappa shape index (κ1) is 17.6. The topological polar surface area (TPSA) is 54.3 Å². The first-order chi connectivity index (χ1) is 12.2. The number of nitrogens with zero attached hydrogens (tertiary/aromatic N) is 5. The van der Waals surface area contributed by atoms with E-state index in [1.807, 2.05) is 46.4 Å². The molecule has 1 atom stereocenters. The van der Waals surface area contributed by atoms with Gasteiger partial charge in [-0.15, -0.1) is 0 Å². The van der Waals surface area contributed by atoms with Crippen LogP contribution in [0.5, 0.6) is 0 Å². The second-order valence-corrected chi connectivity index (χ2v) is 6.71. The number of aromatic nitrogens is 3. The normalized spacial score (nSPS) is 17.2. The molecular formula is C19H27N5O. The van der Waals surface area contributed by atoms with E-state index in [1.54, 1.807) is 6.20 Å². The third-order valence-electron chi connectivity index (χ3n) is 4.87. The average molecular weight is 341 g/mol. The number of hydrogen-bond donors (Lipinski definition) is 0. The van der Waals surface area contributed by atoms with Gasteiger partial charge in [0.05, 0.1) is 6.54 Å². The average Bonchev–Trinajstić information content (AvgIpc) is 3.01. The second-order valence-electron chi connectivity index (χ2n) is 6.71. The van der Waals surface area contributed by atoms with Gasteiger partial charge in [0.2, 0.25) is 5.91 Å². The van der Waals surface area contributed by atoms with E-state index >= 15 is 0 Å². The van der Waals surface area contributed by atoms with Crippen molar-refractivity contribution in [2.24, 2.45) is 0 Å². The van der Waals surface area contributed by atoms with Crippen molar-refractivity contribution in [3.8, 4) is 0 Å². The fraction of sp³-hybridized carbons (Fsp3) is 0.526. The highest BCUT2D eigenvalue weighted by atomic mass is 16.2. The van der Waals surface area contributed by atoms with E-state index in [9.17, 15) is 4.79 Å². The van der Waals surface area contributed by atoms with Gasteiger partial charge in [-0.25, -0.2) is 0 Å². The summed E-state index contributed by atoms with van der Waals surface area (Å²) in [6.45, 7) is 6.77. The van der Waals surface area contributed by atoms with Crippen molar-refractivity contribution in [2.45, 2.75) is 38.8 Å². The van der Waals surface area contributed by atoms with Gasteiger partial charge in [-0.2, -0.15) is 5.10 Å². The molecule has 0 bridgehead atoms. The smallest absolute Gasteiger partial charge is 0.222 e. The highest BCUT2D eigenvalue weighted by Gasteiger charge is 2.22. The summed E-state index contributed by atoms with van der Waals surface area (Å²) in [6, 6.07) is 6.33. The summed E-state index contributed by atoms with van der Waals surface area (Å²) in [5, 5.41) is 4.29. The lowest BCUT2D eigenvalue weighted by Crippen LogP contribution is -2.40. The van der Waals surface area contributed by atoms with E-state index in [0.29, 0.717) is 12.5 Å². The Balaban J connectivity index is 1.46. The molecule has 0 aliphatic carbocycles. The van der Waals surface area contributed by atoms with Crippen molar-refractivity contribution in [1.29, 1.82) is 0 Å². The molecule has 1 aliphatic heterocycles. The number of aryl methyl sites for hydroxylation is 1. The summed E-state index contributed by atoms with van der Waals surface area (Å²) < 4.78 is 1.98. The third-order valence-corrected chi connectivity index (χ3v) is 4.87. The van der Waals surface area contributed by atoms with Crippen molar-refractivity contribution in [3.63, 3.8) is 0 Å². The van der Waals surface area contributed by atoms with Gasteiger partial charge in [0.25, 0.3) is 0 Å². The number of amides is 1. The highest BCUT2D eigenvalue weighted by Crippen LogP contribution is 2.11. The standard InChI is InChI=1S/C19H27N5O/c1-17(16-24-12-3-9-21-24)22-10-4-11-23(14-13-22)19(25)7-6-18-5-2-8-20-15-18/h2-3,5,8-9,12,15,17H,4,6-7,10-11,13-14,16H2,1H3. The van der Waals surface area contributed by atoms with E-state index in [4.69, 9.17) is 0 Å². The molecule has 0 saturated carbocycles. The van der Waals surface area contributed by atoms with Crippen LogP contribution < -0.4 is 0 Å². The maximum absolute atomic E-state index is 12.5. The largest absolute Gasteiger partial charge is 0.341 e. The first-order valence-corrected chi connectivity index (χ1v) is 9.10. The van der Waals surface area contributed by atoms with Crippen LogP contribution in [0, 0.1) is 0 Å². The molecule has 0 aromatic carbocycles. The predicted octanol–water partition coefficient (Wildman–Crippen LogP) is 1.83. The Hall–Kier alpha value is -2.21. The van der Waals surface area contributed by atoms with Gasteiger partial charge in [-0.05, 0) is 37.5 Å². The fourth-order valence-electron chi connectivity index (χ4n) is 3.38. The summed E-state index contributed by atoms with van der Waals surface area (Å²) in [5.74, 6) is 0.255. The molecule has 0 N–H and O–H groups in total. The minimum atomic E-state index is 0.255. The lowest BCUT2D eigenvalue weighted by molar-refractivity contribution is -0.131. The van der Waals surface area contributed by atoms with Gasteiger partial charge in [0.1, 0.15) is 0 Å². The molecule has 1 unspecified atom stereocenters. The third kappa shape index (κ3) is 5.13. The Kier molecular flexibility index (Phi) is 6.17. The van der Waals surface area contributed by atoms with Gasteiger partial charge in [0, 0.05) is 63.4 Å². The summed E-state index contributed by atoms with van der Waals surface area (Å²) in [6.07, 6.45) is 9.78. The van der Waals surface area contributed by atoms with Crippen LogP contribution in [0.25, 0.3) is 0 Å². The molecule has 2 aromatic rings. The minimum Gasteiger partial charge on any atom is -0.341 e. The van der Waals surface area contributed by atoms with E-state index in [1.165, 1.54) is 0 Å². The minimum absolute atomic E-state index is 0.255. The van der Waals surface area contributed by atoms with E-state index in [-0.39, 0.29) is 5.91 Å². The predicted molar refractivity (Wildman–Crippen MR) is 97.0 cm³/mol. The summed E-state index contributed by atoms with van der Waals surface area (Å²) in [7, 11) is 0. The Morgan fingerprint density at radius 2 is 2.12 bits per heavy atom. The van der Waals surface area contributed by atoms with Crippen LogP contribution in [0.15, 0.2) is 43.0 Å². The molecule has 3 heterocycles. The second kappa shape index (κ2) is 8.76. The zero-order chi connectivity index (χ0) is 17.5. The molecule has 2 aromatic heterocycles. The Bertz CT molecular complexity index is 643. The molecule has 6 heteroatoms. The van der Waals surface area contributed by atoms with Crippen molar-refractivity contribution in [3.05, 3.63) is 48.5 Å². The molecule has 3 rings (SSSR count). The summed E-state index contributed by atoms with van der Waals surface area (Å²) in [5.41, 5.74) is 1.13. The molecule has 6 nitrogen and oxygen atoms in total. The molecule has 1 fully saturated rings. The maximum atomic E-state index is 12.5. The van der Waals surface area contributed by atoms with E-state index in [2.05, 4.69) is 21.9 Å².